The highest BCUT2D eigenvalue weighted by molar-refractivity contribution is 8.03. The van der Waals surface area contributed by atoms with Crippen molar-refractivity contribution in [3.8, 4) is 0 Å². The van der Waals surface area contributed by atoms with Gasteiger partial charge in [-0.1, -0.05) is 11.6 Å². The smallest absolute Gasteiger partial charge is 0.0921 e. The molecule has 0 aromatic carbocycles. The molecule has 0 aromatic heterocycles. The van der Waals surface area contributed by atoms with Gasteiger partial charge in [0, 0.05) is 18.3 Å². The van der Waals surface area contributed by atoms with E-state index in [-0.39, 0.29) is 5.54 Å². The first-order chi connectivity index (χ1) is 5.30. The quantitative estimate of drug-likeness (QED) is 0.682. The van der Waals surface area contributed by atoms with Crippen molar-refractivity contribution in [2.45, 2.75) is 33.2 Å². The van der Waals surface area contributed by atoms with E-state index in [2.05, 4.69) is 32.7 Å². The predicted molar refractivity (Wildman–Crippen MR) is 59.6 cm³/mol. The average Bonchev–Trinajstić information content (AvgIpc) is 1.98. The second-order valence-electron chi connectivity index (χ2n) is 3.79. The van der Waals surface area contributed by atoms with E-state index in [0.29, 0.717) is 0 Å². The van der Waals surface area contributed by atoms with Crippen LogP contribution in [0.1, 0.15) is 27.7 Å². The number of hydrogen-bond donors (Lipinski definition) is 0. The Kier molecular flexibility index (Phi) is 4.49. The summed E-state index contributed by atoms with van der Waals surface area (Å²) in [4.78, 5) is 2.19. The lowest BCUT2D eigenvalue weighted by Crippen LogP contribution is -2.36. The zero-order valence-electron chi connectivity index (χ0n) is 8.73. The fourth-order valence-electron chi connectivity index (χ4n) is 0.783. The number of thioether (sulfide) groups is 1. The van der Waals surface area contributed by atoms with Gasteiger partial charge in [0.15, 0.2) is 0 Å². The number of halogens is 1. The number of allylic oxidation sites excluding steroid dienone is 1. The van der Waals surface area contributed by atoms with Crippen molar-refractivity contribution in [1.82, 2.24) is 4.90 Å². The molecule has 3 heteroatoms. The molecule has 0 unspecified atom stereocenters. The van der Waals surface area contributed by atoms with Gasteiger partial charge in [-0.15, -0.1) is 11.8 Å². The molecular weight excluding hydrogens is 190 g/mol. The van der Waals surface area contributed by atoms with Crippen molar-refractivity contribution in [3.63, 3.8) is 0 Å². The van der Waals surface area contributed by atoms with Gasteiger partial charge in [0.1, 0.15) is 0 Å². The summed E-state index contributed by atoms with van der Waals surface area (Å²) in [6.07, 6.45) is 1.99. The molecule has 0 saturated carbocycles. The molecule has 0 atom stereocenters. The number of hydrogen-bond acceptors (Lipinski definition) is 2. The highest BCUT2D eigenvalue weighted by Crippen LogP contribution is 2.26. The molecule has 0 rings (SSSR count). The summed E-state index contributed by atoms with van der Waals surface area (Å²) < 4.78 is 0.868. The molecular formula is C9H18ClNS. The van der Waals surface area contributed by atoms with Crippen LogP contribution in [0, 0.1) is 0 Å². The van der Waals surface area contributed by atoms with Crippen molar-refractivity contribution >= 4 is 23.4 Å². The molecule has 0 amide bonds. The van der Waals surface area contributed by atoms with Crippen LogP contribution in [0.5, 0.6) is 0 Å². The van der Waals surface area contributed by atoms with Crippen molar-refractivity contribution in [3.05, 3.63) is 10.1 Å². The molecule has 0 radical (unpaired) electrons. The van der Waals surface area contributed by atoms with Crippen LogP contribution >= 0.6 is 23.4 Å². The van der Waals surface area contributed by atoms with Gasteiger partial charge >= 0.3 is 0 Å². The van der Waals surface area contributed by atoms with Crippen molar-refractivity contribution < 1.29 is 0 Å². The highest BCUT2D eigenvalue weighted by Gasteiger charge is 2.18. The van der Waals surface area contributed by atoms with Gasteiger partial charge in [0.2, 0.25) is 0 Å². The molecule has 0 aliphatic rings. The van der Waals surface area contributed by atoms with Crippen molar-refractivity contribution in [2.75, 3.05) is 13.3 Å². The summed E-state index contributed by atoms with van der Waals surface area (Å²) >= 11 is 7.60. The largest absolute Gasteiger partial charge is 0.372 e. The molecule has 0 fully saturated rings. The van der Waals surface area contributed by atoms with E-state index >= 15 is 0 Å². The predicted octanol–water partition coefficient (Wildman–Crippen LogP) is 3.51. The van der Waals surface area contributed by atoms with E-state index in [9.17, 15) is 0 Å². The van der Waals surface area contributed by atoms with E-state index in [4.69, 9.17) is 11.6 Å². The summed E-state index contributed by atoms with van der Waals surface area (Å²) in [5.41, 5.74) is 1.27. The first kappa shape index (κ1) is 12.2. The monoisotopic (exact) mass is 207 g/mol. The molecule has 1 nitrogen and oxygen atoms in total. The molecule has 0 heterocycles. The van der Waals surface area contributed by atoms with Crippen LogP contribution in [-0.4, -0.2) is 23.7 Å². The lowest BCUT2D eigenvalue weighted by molar-refractivity contribution is 0.228. The van der Waals surface area contributed by atoms with Crippen LogP contribution in [0.3, 0.4) is 0 Å². The maximum atomic E-state index is 6.02. The molecule has 72 valence electrons. The Morgan fingerprint density at radius 1 is 1.33 bits per heavy atom. The summed E-state index contributed by atoms with van der Waals surface area (Å²) in [7, 11) is 2.06. The Morgan fingerprint density at radius 3 is 2.00 bits per heavy atom. The third-order valence-electron chi connectivity index (χ3n) is 1.97. The van der Waals surface area contributed by atoms with Crippen molar-refractivity contribution in [1.29, 1.82) is 0 Å². The number of rotatable bonds is 2. The van der Waals surface area contributed by atoms with Crippen LogP contribution in [0.15, 0.2) is 10.1 Å². The summed E-state index contributed by atoms with van der Waals surface area (Å²) in [5, 5.41) is 0. The Hall–Kier alpha value is 0.180. The summed E-state index contributed by atoms with van der Waals surface area (Å²) in [5.74, 6) is 0. The van der Waals surface area contributed by atoms with E-state index in [1.54, 1.807) is 11.8 Å². The third kappa shape index (κ3) is 3.28. The molecule has 0 aliphatic carbocycles. The first-order valence-electron chi connectivity index (χ1n) is 3.95. The van der Waals surface area contributed by atoms with E-state index in [1.165, 1.54) is 0 Å². The molecule has 0 bridgehead atoms. The SMILES string of the molecule is CS/C(Cl)=C(/C)N(C)C(C)(C)C. The fourth-order valence-corrected chi connectivity index (χ4v) is 1.34. The maximum Gasteiger partial charge on any atom is 0.0921 e. The molecule has 0 aromatic rings. The van der Waals surface area contributed by atoms with Crippen LogP contribution in [0.4, 0.5) is 0 Å². The van der Waals surface area contributed by atoms with Gasteiger partial charge < -0.3 is 4.90 Å². The average molecular weight is 208 g/mol. The minimum absolute atomic E-state index is 0.139. The summed E-state index contributed by atoms with van der Waals surface area (Å²) in [6.45, 7) is 8.55. The lowest BCUT2D eigenvalue weighted by atomic mass is 10.1. The molecule has 0 aliphatic heterocycles. The second kappa shape index (κ2) is 4.43. The van der Waals surface area contributed by atoms with Gasteiger partial charge in [0.05, 0.1) is 4.36 Å². The van der Waals surface area contributed by atoms with Gasteiger partial charge in [-0.25, -0.2) is 0 Å². The number of nitrogens with zero attached hydrogens (tertiary/aromatic N) is 1. The van der Waals surface area contributed by atoms with E-state index in [0.717, 1.165) is 10.1 Å². The van der Waals surface area contributed by atoms with Crippen molar-refractivity contribution in [2.24, 2.45) is 0 Å². The zero-order valence-corrected chi connectivity index (χ0v) is 10.3. The standard InChI is InChI=1S/C9H18ClNS/c1-7(8(10)12-6)11(5)9(2,3)4/h1-6H3/b8-7-. The van der Waals surface area contributed by atoms with E-state index < -0.39 is 0 Å². The van der Waals surface area contributed by atoms with Crippen LogP contribution in [0.2, 0.25) is 0 Å². The highest BCUT2D eigenvalue weighted by atomic mass is 35.5. The van der Waals surface area contributed by atoms with Crippen LogP contribution < -0.4 is 0 Å². The Morgan fingerprint density at radius 2 is 1.75 bits per heavy atom. The minimum atomic E-state index is 0.139. The molecule has 0 spiro atoms. The maximum absolute atomic E-state index is 6.02. The Bertz CT molecular complexity index is 181. The first-order valence-corrected chi connectivity index (χ1v) is 5.55. The summed E-state index contributed by atoms with van der Waals surface area (Å²) in [6, 6.07) is 0. The van der Waals surface area contributed by atoms with E-state index in [1.807, 2.05) is 13.2 Å². The van der Waals surface area contributed by atoms with Gasteiger partial charge in [-0.3, -0.25) is 0 Å². The van der Waals surface area contributed by atoms with Crippen LogP contribution in [0.25, 0.3) is 0 Å². The lowest BCUT2D eigenvalue weighted by Gasteiger charge is -2.35. The van der Waals surface area contributed by atoms with Crippen LogP contribution in [-0.2, 0) is 0 Å². The second-order valence-corrected chi connectivity index (χ2v) is 5.21. The zero-order chi connectivity index (χ0) is 9.94. The van der Waals surface area contributed by atoms with Gasteiger partial charge in [0.25, 0.3) is 0 Å². The Labute approximate surface area is 85.2 Å². The van der Waals surface area contributed by atoms with Gasteiger partial charge in [-0.2, -0.15) is 0 Å². The molecule has 12 heavy (non-hydrogen) atoms. The van der Waals surface area contributed by atoms with Gasteiger partial charge in [-0.05, 0) is 34.0 Å². The molecule has 0 N–H and O–H groups in total. The topological polar surface area (TPSA) is 3.24 Å². The fraction of sp³-hybridized carbons (Fsp3) is 0.778. The Balaban J connectivity index is 4.60. The molecule has 0 saturated heterocycles. The normalized spacial score (nSPS) is 14.2. The minimum Gasteiger partial charge on any atom is -0.372 e. The third-order valence-corrected chi connectivity index (χ3v) is 3.36.